The van der Waals surface area contributed by atoms with Crippen LogP contribution < -0.4 is 0 Å². The summed E-state index contributed by atoms with van der Waals surface area (Å²) in [6.07, 6.45) is 7.98. The van der Waals surface area contributed by atoms with Crippen LogP contribution in [0.5, 0.6) is 0 Å². The van der Waals surface area contributed by atoms with E-state index >= 15 is 0 Å². The molecule has 2 aliphatic heterocycles. The molecule has 2 aromatic heterocycles. The van der Waals surface area contributed by atoms with Crippen molar-refractivity contribution in [1.82, 2.24) is 24.9 Å². The molecule has 0 N–H and O–H groups in total. The zero-order valence-electron chi connectivity index (χ0n) is 19.4. The van der Waals surface area contributed by atoms with Gasteiger partial charge in [0.25, 0.3) is 5.91 Å². The number of aromatic nitrogens is 3. The lowest BCUT2D eigenvalue weighted by Crippen LogP contribution is -2.39. The molecule has 33 heavy (non-hydrogen) atoms. The molecule has 0 bridgehead atoms. The number of hydrogen-bond acceptors (Lipinski definition) is 8. The summed E-state index contributed by atoms with van der Waals surface area (Å²) in [6, 6.07) is 0. The lowest BCUT2D eigenvalue weighted by atomic mass is 9.91. The number of likely N-dealkylation sites (tertiary alicyclic amines) is 1. The number of aryl methyl sites for hydroxylation is 2. The third kappa shape index (κ3) is 5.25. The summed E-state index contributed by atoms with van der Waals surface area (Å²) in [7, 11) is 0. The fraction of sp³-hybridized carbons (Fsp3) is 0.667. The highest BCUT2D eigenvalue weighted by atomic mass is 32.2. The molecule has 0 saturated carbocycles. The minimum atomic E-state index is -0.0119. The average molecular weight is 472 g/mol. The van der Waals surface area contributed by atoms with E-state index in [4.69, 9.17) is 14.2 Å². The summed E-state index contributed by atoms with van der Waals surface area (Å²) in [5, 5.41) is 5.01. The predicted octanol–water partition coefficient (Wildman–Crippen LogP) is 3.10. The molecule has 0 unspecified atom stereocenters. The fourth-order valence-electron chi connectivity index (χ4n) is 5.10. The quantitative estimate of drug-likeness (QED) is 0.469. The van der Waals surface area contributed by atoms with Crippen molar-refractivity contribution in [2.45, 2.75) is 56.5 Å². The average Bonchev–Trinajstić information content (AvgIpc) is 3.29. The van der Waals surface area contributed by atoms with Crippen molar-refractivity contribution < 1.29 is 14.1 Å². The maximum atomic E-state index is 13.3. The van der Waals surface area contributed by atoms with Gasteiger partial charge in [0.1, 0.15) is 0 Å². The minimum absolute atomic E-state index is 0.0119. The number of thioether (sulfide) groups is 1. The first-order valence-electron chi connectivity index (χ1n) is 12.2. The summed E-state index contributed by atoms with van der Waals surface area (Å²) in [6.45, 7) is 8.17. The number of ether oxygens (including phenoxy) is 1. The molecule has 2 fully saturated rings. The van der Waals surface area contributed by atoms with Gasteiger partial charge in [-0.05, 0) is 51.0 Å². The van der Waals surface area contributed by atoms with E-state index in [0.717, 1.165) is 111 Å². The van der Waals surface area contributed by atoms with E-state index in [-0.39, 0.29) is 11.8 Å². The number of amides is 1. The number of fused-ring (bicyclic) bond motifs is 1. The van der Waals surface area contributed by atoms with E-state index in [1.54, 1.807) is 11.8 Å². The molecule has 178 valence electrons. The van der Waals surface area contributed by atoms with Gasteiger partial charge in [-0.3, -0.25) is 9.69 Å². The highest BCUT2D eigenvalue weighted by Crippen LogP contribution is 2.31. The SMILES string of the molecule is Cc1cnc(SCCN2CCOCC2)nc1[C@@H]1CCCN(C(=O)c2onc3c2CCCC3)C1. The van der Waals surface area contributed by atoms with Gasteiger partial charge in [0, 0.05) is 56.2 Å². The van der Waals surface area contributed by atoms with Gasteiger partial charge in [-0.15, -0.1) is 0 Å². The predicted molar refractivity (Wildman–Crippen MR) is 126 cm³/mol. The molecule has 0 radical (unpaired) electrons. The lowest BCUT2D eigenvalue weighted by Gasteiger charge is -2.32. The first kappa shape index (κ1) is 22.8. The molecule has 0 spiro atoms. The standard InChI is InChI=1S/C24H33N5O3S/c1-17-15-25-24(33-14-11-28-9-12-31-13-10-28)26-21(17)18-5-4-8-29(16-18)23(30)22-19-6-2-3-7-20(19)27-32-22/h15,18H,2-14,16H2,1H3/t18-/m1/s1. The Kier molecular flexibility index (Phi) is 7.27. The third-order valence-electron chi connectivity index (χ3n) is 6.98. The number of piperidine rings is 1. The second-order valence-electron chi connectivity index (χ2n) is 9.26. The lowest BCUT2D eigenvalue weighted by molar-refractivity contribution is 0.0410. The summed E-state index contributed by atoms with van der Waals surface area (Å²) >= 11 is 1.71. The Balaban J connectivity index is 1.23. The molecule has 2 saturated heterocycles. The Labute approximate surface area is 199 Å². The van der Waals surface area contributed by atoms with Gasteiger partial charge in [0.15, 0.2) is 5.16 Å². The van der Waals surface area contributed by atoms with Gasteiger partial charge in [-0.1, -0.05) is 16.9 Å². The highest BCUT2D eigenvalue weighted by molar-refractivity contribution is 7.99. The Morgan fingerprint density at radius 3 is 2.91 bits per heavy atom. The molecule has 9 heteroatoms. The molecule has 5 rings (SSSR count). The molecule has 8 nitrogen and oxygen atoms in total. The minimum Gasteiger partial charge on any atom is -0.379 e. The molecular weight excluding hydrogens is 438 g/mol. The van der Waals surface area contributed by atoms with E-state index in [0.29, 0.717) is 12.3 Å². The van der Waals surface area contributed by atoms with Gasteiger partial charge >= 0.3 is 0 Å². The van der Waals surface area contributed by atoms with E-state index in [9.17, 15) is 4.79 Å². The Bertz CT molecular complexity index is 975. The Morgan fingerprint density at radius 2 is 2.03 bits per heavy atom. The number of nitrogens with zero attached hydrogens (tertiary/aromatic N) is 5. The number of carbonyl (C=O) groups is 1. The van der Waals surface area contributed by atoms with Crippen molar-refractivity contribution >= 4 is 17.7 Å². The van der Waals surface area contributed by atoms with Crippen LogP contribution in [0.1, 0.15) is 64.7 Å². The number of rotatable bonds is 6. The largest absolute Gasteiger partial charge is 0.379 e. The van der Waals surface area contributed by atoms with Crippen molar-refractivity contribution in [2.24, 2.45) is 0 Å². The zero-order chi connectivity index (χ0) is 22.6. The monoisotopic (exact) mass is 471 g/mol. The van der Waals surface area contributed by atoms with Gasteiger partial charge in [0.2, 0.25) is 5.76 Å². The third-order valence-corrected chi connectivity index (χ3v) is 7.82. The van der Waals surface area contributed by atoms with E-state index in [2.05, 4.69) is 22.0 Å². The highest BCUT2D eigenvalue weighted by Gasteiger charge is 2.32. The van der Waals surface area contributed by atoms with Crippen LogP contribution in [0, 0.1) is 6.92 Å². The van der Waals surface area contributed by atoms with Crippen LogP contribution in [0.4, 0.5) is 0 Å². The van der Waals surface area contributed by atoms with Crippen molar-refractivity contribution in [3.63, 3.8) is 0 Å². The molecule has 3 aliphatic rings. The van der Waals surface area contributed by atoms with E-state index < -0.39 is 0 Å². The van der Waals surface area contributed by atoms with E-state index in [1.807, 2.05) is 11.1 Å². The molecular formula is C24H33N5O3S. The van der Waals surface area contributed by atoms with E-state index in [1.165, 1.54) is 0 Å². The molecule has 1 aliphatic carbocycles. The van der Waals surface area contributed by atoms with Crippen molar-refractivity contribution in [2.75, 3.05) is 51.7 Å². The summed E-state index contributed by atoms with van der Waals surface area (Å²) in [4.78, 5) is 27.2. The second kappa shape index (κ2) is 10.5. The summed E-state index contributed by atoms with van der Waals surface area (Å²) in [5.74, 6) is 1.64. The second-order valence-corrected chi connectivity index (χ2v) is 10.3. The van der Waals surface area contributed by atoms with Crippen LogP contribution in [0.25, 0.3) is 0 Å². The smallest absolute Gasteiger partial charge is 0.292 e. The van der Waals surface area contributed by atoms with Crippen LogP contribution in [-0.4, -0.2) is 82.5 Å². The van der Waals surface area contributed by atoms with Crippen LogP contribution in [-0.2, 0) is 17.6 Å². The van der Waals surface area contributed by atoms with Crippen molar-refractivity contribution in [1.29, 1.82) is 0 Å². The normalized spacial score (nSPS) is 21.7. The van der Waals surface area contributed by atoms with Crippen LogP contribution >= 0.6 is 11.8 Å². The summed E-state index contributed by atoms with van der Waals surface area (Å²) in [5.41, 5.74) is 4.19. The number of hydrogen-bond donors (Lipinski definition) is 0. The molecule has 1 amide bonds. The van der Waals surface area contributed by atoms with Crippen molar-refractivity contribution in [3.05, 3.63) is 34.5 Å². The van der Waals surface area contributed by atoms with Crippen LogP contribution in [0.2, 0.25) is 0 Å². The Hall–Kier alpha value is -1.97. The van der Waals surface area contributed by atoms with Crippen LogP contribution in [0.3, 0.4) is 0 Å². The topological polar surface area (TPSA) is 84.6 Å². The molecule has 4 heterocycles. The van der Waals surface area contributed by atoms with Gasteiger partial charge in [0.05, 0.1) is 24.6 Å². The number of carbonyl (C=O) groups excluding carboxylic acids is 1. The first-order valence-corrected chi connectivity index (χ1v) is 13.2. The maximum Gasteiger partial charge on any atom is 0.292 e. The summed E-state index contributed by atoms with van der Waals surface area (Å²) < 4.78 is 11.0. The van der Waals surface area contributed by atoms with Gasteiger partial charge < -0.3 is 14.2 Å². The number of morpholine rings is 1. The maximum absolute atomic E-state index is 13.3. The zero-order valence-corrected chi connectivity index (χ0v) is 20.2. The molecule has 1 atom stereocenters. The molecule has 0 aromatic carbocycles. The first-order chi connectivity index (χ1) is 16.2. The fourth-order valence-corrected chi connectivity index (χ4v) is 5.92. The van der Waals surface area contributed by atoms with Crippen molar-refractivity contribution in [3.8, 4) is 0 Å². The Morgan fingerprint density at radius 1 is 1.18 bits per heavy atom. The van der Waals surface area contributed by atoms with Crippen LogP contribution in [0.15, 0.2) is 15.9 Å². The van der Waals surface area contributed by atoms with Gasteiger partial charge in [-0.2, -0.15) is 0 Å². The molecule has 2 aromatic rings. The van der Waals surface area contributed by atoms with Gasteiger partial charge in [-0.25, -0.2) is 9.97 Å².